The fourth-order valence-corrected chi connectivity index (χ4v) is 2.90. The summed E-state index contributed by atoms with van der Waals surface area (Å²) < 4.78 is 20.6. The van der Waals surface area contributed by atoms with Crippen LogP contribution in [0, 0.1) is 19.7 Å². The molecule has 9 heteroatoms. The van der Waals surface area contributed by atoms with Crippen molar-refractivity contribution in [1.29, 1.82) is 0 Å². The predicted octanol–water partition coefficient (Wildman–Crippen LogP) is 2.65. The summed E-state index contributed by atoms with van der Waals surface area (Å²) in [5.41, 5.74) is 8.91. The van der Waals surface area contributed by atoms with Gasteiger partial charge in [0.05, 0.1) is 33.9 Å². The maximum absolute atomic E-state index is 13.9. The molecule has 2 aromatic heterocycles. The summed E-state index contributed by atoms with van der Waals surface area (Å²) in [5, 5.41) is 30.2. The lowest BCUT2D eigenvalue weighted by atomic mass is 10.0. The fraction of sp³-hybridized carbons (Fsp3) is 0.235. The standard InChI is InChI=1S/C17H18FN5O3/c1-4-12-15(17(19)21-25)16(14-8(2)22-26-9(14)3)23(20-12)10-5-6-13(24)11(18)7-10/h5-7,24-25H,4H2,1-3H3,(H2,19,21). The van der Waals surface area contributed by atoms with E-state index < -0.39 is 11.6 Å². The van der Waals surface area contributed by atoms with E-state index in [1.807, 2.05) is 6.92 Å². The Kier molecular flexibility index (Phi) is 4.37. The molecule has 0 aliphatic carbocycles. The molecule has 0 aliphatic rings. The van der Waals surface area contributed by atoms with Crippen molar-refractivity contribution in [3.63, 3.8) is 0 Å². The maximum Gasteiger partial charge on any atom is 0.174 e. The highest BCUT2D eigenvalue weighted by molar-refractivity contribution is 6.04. The van der Waals surface area contributed by atoms with E-state index in [1.54, 1.807) is 13.8 Å². The van der Waals surface area contributed by atoms with Gasteiger partial charge in [0.25, 0.3) is 0 Å². The second-order valence-electron chi connectivity index (χ2n) is 5.76. The molecular formula is C17H18FN5O3. The molecule has 0 atom stereocenters. The minimum absolute atomic E-state index is 0.123. The minimum Gasteiger partial charge on any atom is -0.505 e. The molecule has 0 aliphatic heterocycles. The number of phenols is 1. The molecule has 3 rings (SSSR count). The van der Waals surface area contributed by atoms with Gasteiger partial charge in [0.1, 0.15) is 5.76 Å². The molecule has 3 aromatic rings. The molecule has 2 heterocycles. The van der Waals surface area contributed by atoms with E-state index in [1.165, 1.54) is 16.8 Å². The number of amidine groups is 1. The molecule has 4 N–H and O–H groups in total. The first-order valence-corrected chi connectivity index (χ1v) is 7.90. The smallest absolute Gasteiger partial charge is 0.174 e. The van der Waals surface area contributed by atoms with Gasteiger partial charge in [0, 0.05) is 6.07 Å². The van der Waals surface area contributed by atoms with Crippen LogP contribution in [0.1, 0.15) is 29.6 Å². The summed E-state index contributed by atoms with van der Waals surface area (Å²) in [6.45, 7) is 5.35. The molecule has 26 heavy (non-hydrogen) atoms. The Balaban J connectivity index is 2.41. The van der Waals surface area contributed by atoms with Crippen molar-refractivity contribution < 1.29 is 19.2 Å². The van der Waals surface area contributed by atoms with Crippen LogP contribution in [0.25, 0.3) is 16.9 Å². The van der Waals surface area contributed by atoms with Crippen molar-refractivity contribution in [1.82, 2.24) is 14.9 Å². The van der Waals surface area contributed by atoms with E-state index in [2.05, 4.69) is 15.4 Å². The van der Waals surface area contributed by atoms with Crippen LogP contribution in [0.2, 0.25) is 0 Å². The molecular weight excluding hydrogens is 341 g/mol. The lowest BCUT2D eigenvalue weighted by molar-refractivity contribution is 0.318. The zero-order valence-electron chi connectivity index (χ0n) is 14.5. The van der Waals surface area contributed by atoms with Crippen LogP contribution in [-0.4, -0.2) is 31.1 Å². The third-order valence-electron chi connectivity index (χ3n) is 4.10. The first-order chi connectivity index (χ1) is 12.4. The Bertz CT molecular complexity index is 987. The van der Waals surface area contributed by atoms with Crippen LogP contribution in [0.3, 0.4) is 0 Å². The van der Waals surface area contributed by atoms with E-state index in [0.717, 1.165) is 6.07 Å². The van der Waals surface area contributed by atoms with Gasteiger partial charge in [-0.3, -0.25) is 0 Å². The monoisotopic (exact) mass is 359 g/mol. The maximum atomic E-state index is 13.9. The highest BCUT2D eigenvalue weighted by Gasteiger charge is 2.27. The molecule has 136 valence electrons. The van der Waals surface area contributed by atoms with Crippen molar-refractivity contribution in [2.45, 2.75) is 27.2 Å². The third kappa shape index (κ3) is 2.67. The highest BCUT2D eigenvalue weighted by atomic mass is 19.1. The second-order valence-corrected chi connectivity index (χ2v) is 5.76. The van der Waals surface area contributed by atoms with E-state index in [4.69, 9.17) is 10.3 Å². The number of halogens is 1. The summed E-state index contributed by atoms with van der Waals surface area (Å²) >= 11 is 0. The Labute approximate surface area is 148 Å². The van der Waals surface area contributed by atoms with Gasteiger partial charge in [-0.25, -0.2) is 9.07 Å². The van der Waals surface area contributed by atoms with E-state index in [9.17, 15) is 14.7 Å². The van der Waals surface area contributed by atoms with Gasteiger partial charge in [0.15, 0.2) is 17.4 Å². The van der Waals surface area contributed by atoms with Gasteiger partial charge < -0.3 is 20.6 Å². The van der Waals surface area contributed by atoms with Crippen LogP contribution in [-0.2, 0) is 6.42 Å². The van der Waals surface area contributed by atoms with Crippen LogP contribution in [0.15, 0.2) is 27.9 Å². The summed E-state index contributed by atoms with van der Waals surface area (Å²) in [7, 11) is 0. The zero-order valence-corrected chi connectivity index (χ0v) is 14.5. The van der Waals surface area contributed by atoms with Gasteiger partial charge in [0.2, 0.25) is 0 Å². The number of aromatic hydroxyl groups is 1. The number of nitrogens with two attached hydrogens (primary N) is 1. The lowest BCUT2D eigenvalue weighted by Gasteiger charge is -2.10. The molecule has 1 aromatic carbocycles. The fourth-order valence-electron chi connectivity index (χ4n) is 2.90. The van der Waals surface area contributed by atoms with Gasteiger partial charge in [-0.1, -0.05) is 17.2 Å². The normalized spacial score (nSPS) is 11.9. The Morgan fingerprint density at radius 1 is 1.38 bits per heavy atom. The van der Waals surface area contributed by atoms with Gasteiger partial charge in [-0.05, 0) is 32.4 Å². The Hall–Kier alpha value is -3.36. The number of hydrogen-bond donors (Lipinski definition) is 3. The van der Waals surface area contributed by atoms with Gasteiger partial charge >= 0.3 is 0 Å². The van der Waals surface area contributed by atoms with Crippen LogP contribution in [0.4, 0.5) is 4.39 Å². The average Bonchev–Trinajstić information content (AvgIpc) is 3.16. The molecule has 0 saturated heterocycles. The molecule has 8 nitrogen and oxygen atoms in total. The predicted molar refractivity (Wildman–Crippen MR) is 92.0 cm³/mol. The number of oxime groups is 1. The number of aryl methyl sites for hydroxylation is 3. The molecule has 0 amide bonds. The number of aromatic nitrogens is 3. The van der Waals surface area contributed by atoms with E-state index in [0.29, 0.717) is 46.1 Å². The number of benzene rings is 1. The second kappa shape index (κ2) is 6.51. The number of hydrogen-bond acceptors (Lipinski definition) is 6. The number of nitrogens with zero attached hydrogens (tertiary/aromatic N) is 4. The topological polar surface area (TPSA) is 123 Å². The van der Waals surface area contributed by atoms with Crippen molar-refractivity contribution in [3.8, 4) is 22.7 Å². The largest absolute Gasteiger partial charge is 0.505 e. The summed E-state index contributed by atoms with van der Waals surface area (Å²) in [6.07, 6.45) is 0.496. The Morgan fingerprint density at radius 3 is 2.65 bits per heavy atom. The number of rotatable bonds is 4. The molecule has 0 radical (unpaired) electrons. The summed E-state index contributed by atoms with van der Waals surface area (Å²) in [4.78, 5) is 0. The summed E-state index contributed by atoms with van der Waals surface area (Å²) in [6, 6.07) is 3.90. The van der Waals surface area contributed by atoms with E-state index in [-0.39, 0.29) is 5.84 Å². The lowest BCUT2D eigenvalue weighted by Crippen LogP contribution is -2.16. The van der Waals surface area contributed by atoms with Gasteiger partial charge in [-0.2, -0.15) is 5.10 Å². The van der Waals surface area contributed by atoms with Crippen molar-refractivity contribution in [3.05, 3.63) is 46.7 Å². The van der Waals surface area contributed by atoms with Crippen molar-refractivity contribution >= 4 is 5.84 Å². The average molecular weight is 359 g/mol. The van der Waals surface area contributed by atoms with Gasteiger partial charge in [-0.15, -0.1) is 0 Å². The first kappa shape index (κ1) is 17.5. The zero-order chi connectivity index (χ0) is 19.0. The third-order valence-corrected chi connectivity index (χ3v) is 4.10. The van der Waals surface area contributed by atoms with Crippen LogP contribution < -0.4 is 5.73 Å². The molecule has 0 unspecified atom stereocenters. The SMILES string of the molecule is CCc1nn(-c2ccc(O)c(F)c2)c(-c2c(C)noc2C)c1C(N)=NO. The van der Waals surface area contributed by atoms with Crippen LogP contribution in [0.5, 0.6) is 5.75 Å². The molecule has 0 bridgehead atoms. The van der Waals surface area contributed by atoms with Crippen molar-refractivity contribution in [2.24, 2.45) is 10.9 Å². The van der Waals surface area contributed by atoms with Crippen molar-refractivity contribution in [2.75, 3.05) is 0 Å². The van der Waals surface area contributed by atoms with Crippen LogP contribution >= 0.6 is 0 Å². The quantitative estimate of drug-likeness (QED) is 0.285. The molecule has 0 fully saturated rings. The highest BCUT2D eigenvalue weighted by Crippen LogP contribution is 2.34. The molecule has 0 saturated carbocycles. The minimum atomic E-state index is -0.786. The number of phenolic OH excluding ortho intramolecular Hbond substituents is 1. The van der Waals surface area contributed by atoms with E-state index >= 15 is 0 Å². The summed E-state index contributed by atoms with van der Waals surface area (Å²) in [5.74, 6) is -0.863. The molecule has 0 spiro atoms. The Morgan fingerprint density at radius 2 is 2.12 bits per heavy atom. The first-order valence-electron chi connectivity index (χ1n) is 7.90.